The molecule has 0 aliphatic carbocycles. The zero-order valence-corrected chi connectivity index (χ0v) is 11.9. The number of hydrogen-bond acceptors (Lipinski definition) is 5. The molecule has 0 bridgehead atoms. The fourth-order valence-electron chi connectivity index (χ4n) is 2.93. The molecular formula is C15H21NO4. The van der Waals surface area contributed by atoms with Crippen LogP contribution in [-0.2, 0) is 37.6 Å². The first-order chi connectivity index (χ1) is 9.86. The highest BCUT2D eigenvalue weighted by Gasteiger charge is 2.43. The van der Waals surface area contributed by atoms with Crippen LogP contribution in [-0.4, -0.2) is 45.1 Å². The van der Waals surface area contributed by atoms with E-state index in [-0.39, 0.29) is 5.60 Å². The molecule has 1 unspecified atom stereocenters. The second kappa shape index (κ2) is 6.18. The maximum Gasteiger partial charge on any atom is 0.136 e. The van der Waals surface area contributed by atoms with E-state index >= 15 is 0 Å². The Hall–Kier alpha value is -1.01. The number of rotatable bonds is 5. The molecule has 0 amide bonds. The summed E-state index contributed by atoms with van der Waals surface area (Å²) < 4.78 is 22.2. The van der Waals surface area contributed by atoms with E-state index in [9.17, 15) is 0 Å². The van der Waals surface area contributed by atoms with Gasteiger partial charge < -0.3 is 18.9 Å². The van der Waals surface area contributed by atoms with Gasteiger partial charge in [-0.15, -0.1) is 0 Å². The molecule has 3 rings (SSSR count). The molecule has 2 aliphatic heterocycles. The standard InChI is InChI=1S/C15H21NO4/c1-17-8-9-18-10-12-2-5-16-14-13(12)3-6-20-15(14)4-7-19-11-15/h2,5H,3-4,6-11H2,1H3. The van der Waals surface area contributed by atoms with Gasteiger partial charge in [0.25, 0.3) is 0 Å². The van der Waals surface area contributed by atoms with E-state index in [1.165, 1.54) is 11.1 Å². The predicted molar refractivity (Wildman–Crippen MR) is 72.5 cm³/mol. The van der Waals surface area contributed by atoms with Gasteiger partial charge in [0.15, 0.2) is 0 Å². The highest BCUT2D eigenvalue weighted by Crippen LogP contribution is 2.39. The number of nitrogens with zero attached hydrogens (tertiary/aromatic N) is 1. The minimum Gasteiger partial charge on any atom is -0.382 e. The van der Waals surface area contributed by atoms with Gasteiger partial charge in [-0.25, -0.2) is 0 Å². The summed E-state index contributed by atoms with van der Waals surface area (Å²) in [5.41, 5.74) is 3.22. The average Bonchev–Trinajstić information content (AvgIpc) is 2.94. The summed E-state index contributed by atoms with van der Waals surface area (Å²) in [6, 6.07) is 2.04. The van der Waals surface area contributed by atoms with Crippen LogP contribution < -0.4 is 0 Å². The molecule has 5 nitrogen and oxygen atoms in total. The molecule has 1 aromatic heterocycles. The van der Waals surface area contributed by atoms with Crippen LogP contribution in [0.1, 0.15) is 23.2 Å². The summed E-state index contributed by atoms with van der Waals surface area (Å²) in [6.45, 7) is 3.92. The van der Waals surface area contributed by atoms with E-state index in [4.69, 9.17) is 18.9 Å². The summed E-state index contributed by atoms with van der Waals surface area (Å²) in [4.78, 5) is 4.57. The third kappa shape index (κ3) is 2.59. The number of hydrogen-bond donors (Lipinski definition) is 0. The van der Waals surface area contributed by atoms with Gasteiger partial charge in [0, 0.05) is 26.3 Å². The van der Waals surface area contributed by atoms with Crippen molar-refractivity contribution < 1.29 is 18.9 Å². The summed E-state index contributed by atoms with van der Waals surface area (Å²) in [5, 5.41) is 0. The Balaban J connectivity index is 1.80. The number of pyridine rings is 1. The molecule has 1 saturated heterocycles. The highest BCUT2D eigenvalue weighted by molar-refractivity contribution is 5.36. The summed E-state index contributed by atoms with van der Waals surface area (Å²) in [6.07, 6.45) is 3.64. The van der Waals surface area contributed by atoms with E-state index in [2.05, 4.69) is 4.98 Å². The number of methoxy groups -OCH3 is 1. The second-order valence-electron chi connectivity index (χ2n) is 5.24. The lowest BCUT2D eigenvalue weighted by atomic mass is 9.88. The van der Waals surface area contributed by atoms with Gasteiger partial charge in [-0.1, -0.05) is 0 Å². The van der Waals surface area contributed by atoms with Gasteiger partial charge in [-0.05, 0) is 23.6 Å². The average molecular weight is 279 g/mol. The minimum absolute atomic E-state index is 0.323. The molecule has 110 valence electrons. The van der Waals surface area contributed by atoms with Crippen molar-refractivity contribution in [3.63, 3.8) is 0 Å². The molecule has 0 N–H and O–H groups in total. The topological polar surface area (TPSA) is 49.8 Å². The van der Waals surface area contributed by atoms with Crippen LogP contribution >= 0.6 is 0 Å². The fourth-order valence-corrected chi connectivity index (χ4v) is 2.93. The Labute approximate surface area is 119 Å². The van der Waals surface area contributed by atoms with E-state index < -0.39 is 0 Å². The third-order valence-corrected chi connectivity index (χ3v) is 3.99. The largest absolute Gasteiger partial charge is 0.382 e. The maximum atomic E-state index is 6.00. The van der Waals surface area contributed by atoms with Crippen molar-refractivity contribution >= 4 is 0 Å². The smallest absolute Gasteiger partial charge is 0.136 e. The SMILES string of the molecule is COCCOCc1ccnc2c1CCOC21CCOC1. The first-order valence-corrected chi connectivity index (χ1v) is 7.11. The third-order valence-electron chi connectivity index (χ3n) is 3.99. The van der Waals surface area contributed by atoms with Crippen molar-refractivity contribution in [2.75, 3.05) is 40.1 Å². The zero-order chi connectivity index (χ0) is 13.8. The normalized spacial score (nSPS) is 25.1. The number of aromatic nitrogens is 1. The van der Waals surface area contributed by atoms with Crippen LogP contribution in [0.2, 0.25) is 0 Å². The molecule has 1 fully saturated rings. The lowest BCUT2D eigenvalue weighted by Gasteiger charge is -2.34. The molecule has 0 aromatic carbocycles. The predicted octanol–water partition coefficient (Wildman–Crippen LogP) is 1.43. The Kier molecular flexibility index (Phi) is 4.31. The van der Waals surface area contributed by atoms with Crippen LogP contribution in [0.5, 0.6) is 0 Å². The molecule has 0 saturated carbocycles. The summed E-state index contributed by atoms with van der Waals surface area (Å²) >= 11 is 0. The number of fused-ring (bicyclic) bond motifs is 2. The van der Waals surface area contributed by atoms with E-state index in [0.717, 1.165) is 31.7 Å². The van der Waals surface area contributed by atoms with Crippen LogP contribution in [0.25, 0.3) is 0 Å². The Morgan fingerprint density at radius 3 is 3.10 bits per heavy atom. The summed E-state index contributed by atoms with van der Waals surface area (Å²) in [5.74, 6) is 0. The van der Waals surface area contributed by atoms with Gasteiger partial charge in [0.05, 0.1) is 38.7 Å². The van der Waals surface area contributed by atoms with Crippen LogP contribution in [0.4, 0.5) is 0 Å². The van der Waals surface area contributed by atoms with Crippen LogP contribution in [0.15, 0.2) is 12.3 Å². The lowest BCUT2D eigenvalue weighted by Crippen LogP contribution is -2.37. The second-order valence-corrected chi connectivity index (χ2v) is 5.24. The first kappa shape index (κ1) is 13.9. The van der Waals surface area contributed by atoms with Crippen molar-refractivity contribution in [3.8, 4) is 0 Å². The molecule has 20 heavy (non-hydrogen) atoms. The maximum absolute atomic E-state index is 6.00. The van der Waals surface area contributed by atoms with E-state index in [0.29, 0.717) is 26.4 Å². The Morgan fingerprint density at radius 2 is 2.30 bits per heavy atom. The zero-order valence-electron chi connectivity index (χ0n) is 11.9. The molecule has 1 spiro atoms. The molecule has 5 heteroatoms. The van der Waals surface area contributed by atoms with Crippen molar-refractivity contribution in [2.45, 2.75) is 25.0 Å². The van der Waals surface area contributed by atoms with Crippen LogP contribution in [0, 0.1) is 0 Å². The quantitative estimate of drug-likeness (QED) is 0.763. The molecule has 1 aromatic rings. The molecule has 1 atom stereocenters. The monoisotopic (exact) mass is 279 g/mol. The number of ether oxygens (including phenoxy) is 4. The van der Waals surface area contributed by atoms with Crippen molar-refractivity contribution in [1.82, 2.24) is 4.98 Å². The first-order valence-electron chi connectivity index (χ1n) is 7.11. The van der Waals surface area contributed by atoms with Crippen LogP contribution in [0.3, 0.4) is 0 Å². The van der Waals surface area contributed by atoms with E-state index in [1.807, 2.05) is 12.3 Å². The molecule has 0 radical (unpaired) electrons. The summed E-state index contributed by atoms with van der Waals surface area (Å²) in [7, 11) is 1.68. The van der Waals surface area contributed by atoms with Crippen molar-refractivity contribution in [3.05, 3.63) is 29.1 Å². The molecule has 3 heterocycles. The van der Waals surface area contributed by atoms with E-state index in [1.54, 1.807) is 7.11 Å². The van der Waals surface area contributed by atoms with Crippen molar-refractivity contribution in [2.24, 2.45) is 0 Å². The lowest BCUT2D eigenvalue weighted by molar-refractivity contribution is -0.0670. The van der Waals surface area contributed by atoms with Crippen molar-refractivity contribution in [1.29, 1.82) is 0 Å². The minimum atomic E-state index is -0.323. The van der Waals surface area contributed by atoms with Gasteiger partial charge in [0.2, 0.25) is 0 Å². The van der Waals surface area contributed by atoms with Gasteiger partial charge in [-0.2, -0.15) is 0 Å². The molecular weight excluding hydrogens is 258 g/mol. The Morgan fingerprint density at radius 1 is 1.35 bits per heavy atom. The van der Waals surface area contributed by atoms with Gasteiger partial charge in [-0.3, -0.25) is 4.98 Å². The highest BCUT2D eigenvalue weighted by atomic mass is 16.6. The Bertz CT molecular complexity index is 457. The van der Waals surface area contributed by atoms with Gasteiger partial charge in [0.1, 0.15) is 5.60 Å². The van der Waals surface area contributed by atoms with Gasteiger partial charge >= 0.3 is 0 Å². The fraction of sp³-hybridized carbons (Fsp3) is 0.667. The molecule has 2 aliphatic rings.